The van der Waals surface area contributed by atoms with Crippen LogP contribution in [0.1, 0.15) is 0 Å². The molecule has 0 bridgehead atoms. The number of hydrogen-bond donors (Lipinski definition) is 0. The van der Waals surface area contributed by atoms with Gasteiger partial charge in [-0.2, -0.15) is 0 Å². The maximum Gasteiger partial charge on any atom is 0.0540 e. The van der Waals surface area contributed by atoms with Gasteiger partial charge in [-0.3, -0.25) is 0 Å². The van der Waals surface area contributed by atoms with Crippen molar-refractivity contribution < 1.29 is 0 Å². The van der Waals surface area contributed by atoms with E-state index in [4.69, 9.17) is 0 Å². The molecule has 12 aromatic carbocycles. The fraction of sp³-hybridized carbons (Fsp3) is 0. The number of benzene rings is 12. The minimum atomic E-state index is 1.14. The van der Waals surface area contributed by atoms with E-state index in [2.05, 4.69) is 228 Å². The van der Waals surface area contributed by atoms with Crippen molar-refractivity contribution in [1.82, 2.24) is 0 Å². The molecule has 0 unspecified atom stereocenters. The van der Waals surface area contributed by atoms with Crippen LogP contribution in [-0.4, -0.2) is 0 Å². The van der Waals surface area contributed by atoms with Crippen LogP contribution in [0.2, 0.25) is 0 Å². The van der Waals surface area contributed by atoms with Gasteiger partial charge < -0.3 is 9.80 Å². The Morgan fingerprint density at radius 3 is 0.800 bits per heavy atom. The number of thiophene rings is 4. The summed E-state index contributed by atoms with van der Waals surface area (Å²) in [4.78, 5) is 5.02. The van der Waals surface area contributed by atoms with E-state index in [0.29, 0.717) is 0 Å². The van der Waals surface area contributed by atoms with E-state index in [0.717, 1.165) is 34.1 Å². The highest BCUT2D eigenvalue weighted by Gasteiger charge is 2.24. The van der Waals surface area contributed by atoms with Crippen molar-refractivity contribution in [2.75, 3.05) is 9.80 Å². The highest BCUT2D eigenvalue weighted by molar-refractivity contribution is 7.27. The highest BCUT2D eigenvalue weighted by atomic mass is 32.1. The molecule has 70 heavy (non-hydrogen) atoms. The number of fused-ring (bicyclic) bond motifs is 12. The lowest BCUT2D eigenvalue weighted by molar-refractivity contribution is 1.31. The summed E-state index contributed by atoms with van der Waals surface area (Å²) in [5, 5.41) is 17.8. The minimum Gasteiger partial charge on any atom is -0.310 e. The Bertz CT molecular complexity index is 4290. The van der Waals surface area contributed by atoms with E-state index < -0.39 is 0 Å². The van der Waals surface area contributed by atoms with Crippen molar-refractivity contribution in [3.8, 4) is 0 Å². The largest absolute Gasteiger partial charge is 0.310 e. The first-order chi connectivity index (χ1) is 34.7. The van der Waals surface area contributed by atoms with Gasteiger partial charge in [0.15, 0.2) is 0 Å². The van der Waals surface area contributed by atoms with Crippen LogP contribution in [0.3, 0.4) is 0 Å². The van der Waals surface area contributed by atoms with Gasteiger partial charge in [0.05, 0.1) is 11.4 Å². The molecule has 2 nitrogen and oxygen atoms in total. The summed E-state index contributed by atoms with van der Waals surface area (Å²) in [5.74, 6) is 0. The van der Waals surface area contributed by atoms with Crippen LogP contribution in [0.5, 0.6) is 0 Å². The normalized spacial score (nSPS) is 12.3. The molecule has 0 aliphatic heterocycles. The molecule has 16 rings (SSSR count). The summed E-state index contributed by atoms with van der Waals surface area (Å²) in [6.45, 7) is 0. The fourth-order valence-corrected chi connectivity index (χ4v) is 15.8. The minimum absolute atomic E-state index is 1.14. The van der Waals surface area contributed by atoms with Crippen LogP contribution < -0.4 is 9.80 Å². The molecule has 4 heterocycles. The van der Waals surface area contributed by atoms with Crippen LogP contribution in [0.4, 0.5) is 34.1 Å². The number of hydrogen-bond acceptors (Lipinski definition) is 6. The van der Waals surface area contributed by atoms with E-state index in [9.17, 15) is 0 Å². The molecule has 0 radical (unpaired) electrons. The quantitative estimate of drug-likeness (QED) is 0.153. The first-order valence-electron chi connectivity index (χ1n) is 23.6. The molecule has 0 saturated heterocycles. The van der Waals surface area contributed by atoms with Crippen molar-refractivity contribution in [3.63, 3.8) is 0 Å². The monoisotopic (exact) mass is 960 g/mol. The van der Waals surface area contributed by atoms with Crippen molar-refractivity contribution in [2.24, 2.45) is 0 Å². The van der Waals surface area contributed by atoms with E-state index in [1.54, 1.807) is 0 Å². The molecule has 326 valence electrons. The fourth-order valence-electron chi connectivity index (χ4n) is 11.4. The molecule has 0 spiro atoms. The lowest BCUT2D eigenvalue weighted by Crippen LogP contribution is -2.11. The van der Waals surface area contributed by atoms with Crippen molar-refractivity contribution >= 4 is 192 Å². The molecule has 0 aliphatic carbocycles. The summed E-state index contributed by atoms with van der Waals surface area (Å²) < 4.78 is 10.4. The molecule has 0 amide bonds. The van der Waals surface area contributed by atoms with Crippen LogP contribution in [0, 0.1) is 0 Å². The zero-order valence-corrected chi connectivity index (χ0v) is 40.6. The van der Waals surface area contributed by atoms with Crippen LogP contribution in [-0.2, 0) is 0 Å². The van der Waals surface area contributed by atoms with E-state index >= 15 is 0 Å². The molecular weight excluding hydrogens is 925 g/mol. The highest BCUT2D eigenvalue weighted by Crippen LogP contribution is 2.51. The number of rotatable bonds is 6. The van der Waals surface area contributed by atoms with Crippen molar-refractivity contribution in [2.45, 2.75) is 0 Å². The first kappa shape index (κ1) is 39.1. The molecule has 16 aromatic rings. The Labute approximate surface area is 417 Å². The second-order valence-corrected chi connectivity index (χ2v) is 22.7. The average molecular weight is 961 g/mol. The molecule has 0 N–H and O–H groups in total. The van der Waals surface area contributed by atoms with Gasteiger partial charge in [-0.25, -0.2) is 0 Å². The van der Waals surface area contributed by atoms with Crippen molar-refractivity contribution in [1.29, 1.82) is 0 Å². The molecule has 0 atom stereocenters. The molecule has 6 heteroatoms. The van der Waals surface area contributed by atoms with Crippen LogP contribution in [0.25, 0.3) is 113 Å². The lowest BCUT2D eigenvalue weighted by atomic mass is 9.91. The summed E-state index contributed by atoms with van der Waals surface area (Å²) >= 11 is 7.47. The van der Waals surface area contributed by atoms with Gasteiger partial charge in [-0.1, -0.05) is 109 Å². The number of nitrogens with zero attached hydrogens (tertiary/aromatic N) is 2. The van der Waals surface area contributed by atoms with Gasteiger partial charge in [-0.05, 0) is 131 Å². The summed E-state index contributed by atoms with van der Waals surface area (Å²) in [5.41, 5.74) is 6.89. The third-order valence-electron chi connectivity index (χ3n) is 14.6. The smallest absolute Gasteiger partial charge is 0.0540 e. The van der Waals surface area contributed by atoms with E-state index in [1.165, 1.54) is 113 Å². The predicted octanol–water partition coefficient (Wildman–Crippen LogP) is 21.0. The second-order valence-electron chi connectivity index (χ2n) is 18.4. The van der Waals surface area contributed by atoms with Crippen LogP contribution >= 0.6 is 45.3 Å². The maximum absolute atomic E-state index is 2.51. The molecular formula is C64H36N2S4. The Balaban J connectivity index is 0.952. The number of anilines is 6. The Morgan fingerprint density at radius 1 is 0.214 bits per heavy atom. The van der Waals surface area contributed by atoms with Gasteiger partial charge in [0.2, 0.25) is 0 Å². The molecule has 0 fully saturated rings. The Kier molecular flexibility index (Phi) is 8.28. The second kappa shape index (κ2) is 14.8. The van der Waals surface area contributed by atoms with E-state index in [-0.39, 0.29) is 0 Å². The SMILES string of the molecule is c1ccc2c(c1)sc1ccc(N(c3ccc4sc5ccccc5c4c3)c3ccc4ccc5c(N(c6ccc7sc8ccccc8c7c6)c6ccc7sc8ccccc8c7c6)ccc6ccc3c4c65)cc12. The van der Waals surface area contributed by atoms with Gasteiger partial charge in [0.1, 0.15) is 0 Å². The standard InChI is InChI=1S/C64H36N2S4/c1-5-13-55-43(9-1)49-33-39(21-29-59(49)67-55)65(40-22-30-60-50(34-40)44-10-2-6-14-56(44)68-60)53-27-19-37-18-26-48-54(28-20-38-17-25-47(53)63(37)64(38)48)66(41-23-31-61-51(35-41)45-11-3-7-15-57(45)69-61)42-24-32-62-52(36-42)46-12-4-8-16-58(46)70-62/h1-36H. The lowest BCUT2D eigenvalue weighted by Gasteiger charge is -2.29. The van der Waals surface area contributed by atoms with Gasteiger partial charge >= 0.3 is 0 Å². The van der Waals surface area contributed by atoms with Crippen molar-refractivity contribution in [3.05, 3.63) is 218 Å². The first-order valence-corrected chi connectivity index (χ1v) is 26.9. The Morgan fingerprint density at radius 2 is 0.486 bits per heavy atom. The van der Waals surface area contributed by atoms with Crippen LogP contribution in [0.15, 0.2) is 218 Å². The molecule has 0 saturated carbocycles. The summed E-state index contributed by atoms with van der Waals surface area (Å²) in [7, 11) is 0. The van der Waals surface area contributed by atoms with Gasteiger partial charge in [0.25, 0.3) is 0 Å². The molecule has 0 aliphatic rings. The topological polar surface area (TPSA) is 6.48 Å². The Hall–Kier alpha value is -7.84. The third kappa shape index (κ3) is 5.70. The van der Waals surface area contributed by atoms with Gasteiger partial charge in [0, 0.05) is 114 Å². The van der Waals surface area contributed by atoms with E-state index in [1.807, 2.05) is 45.3 Å². The van der Waals surface area contributed by atoms with Gasteiger partial charge in [-0.15, -0.1) is 45.3 Å². The molecule has 4 aromatic heterocycles. The average Bonchev–Trinajstić information content (AvgIpc) is 4.19. The zero-order chi connectivity index (χ0) is 45.6. The summed E-state index contributed by atoms with van der Waals surface area (Å²) in [6.07, 6.45) is 0. The third-order valence-corrected chi connectivity index (χ3v) is 19.2. The zero-order valence-electron chi connectivity index (χ0n) is 37.3. The summed E-state index contributed by atoms with van der Waals surface area (Å²) in [6, 6.07) is 82.3. The predicted molar refractivity (Wildman–Crippen MR) is 311 cm³/mol. The maximum atomic E-state index is 2.51.